The molecule has 2 heterocycles. The number of carbonyl (C=O) groups excluding carboxylic acids is 1. The summed E-state index contributed by atoms with van der Waals surface area (Å²) >= 11 is 0. The maximum atomic E-state index is 14.4. The van der Waals surface area contributed by atoms with E-state index >= 15 is 0 Å². The number of nitrogens with one attached hydrogen (secondary N) is 2. The van der Waals surface area contributed by atoms with Crippen LogP contribution in [0.1, 0.15) is 33.7 Å². The van der Waals surface area contributed by atoms with Crippen molar-refractivity contribution in [2.75, 3.05) is 19.6 Å². The third kappa shape index (κ3) is 2.60. The van der Waals surface area contributed by atoms with Gasteiger partial charge in [0.2, 0.25) is 0 Å². The summed E-state index contributed by atoms with van der Waals surface area (Å²) in [5, 5.41) is 10.6. The largest absolute Gasteiger partial charge is 0.350 e. The average Bonchev–Trinajstić information content (AvgIpc) is 3.08. The Hall–Kier alpha value is -2.21. The molecule has 1 aliphatic carbocycles. The van der Waals surface area contributed by atoms with Gasteiger partial charge in [-0.2, -0.15) is 5.10 Å². The van der Waals surface area contributed by atoms with Gasteiger partial charge in [0.1, 0.15) is 11.5 Å². The zero-order chi connectivity index (χ0) is 16.7. The van der Waals surface area contributed by atoms with Crippen LogP contribution in [0.2, 0.25) is 0 Å². The maximum Gasteiger partial charge on any atom is 0.272 e. The van der Waals surface area contributed by atoms with Gasteiger partial charge in [-0.3, -0.25) is 4.79 Å². The molecule has 0 atom stereocenters. The Bertz CT molecular complexity index is 795. The fraction of sp³-hybridized carbons (Fsp3) is 0.444. The van der Waals surface area contributed by atoms with E-state index in [1.165, 1.54) is 6.07 Å². The van der Waals surface area contributed by atoms with Crippen molar-refractivity contribution in [3.05, 3.63) is 46.5 Å². The van der Waals surface area contributed by atoms with Crippen LogP contribution in [0, 0.1) is 18.7 Å². The molecule has 1 aromatic carbocycles. The summed E-state index contributed by atoms with van der Waals surface area (Å²) in [6.45, 7) is 4.41. The van der Waals surface area contributed by atoms with Crippen LogP contribution < -0.4 is 10.6 Å². The highest BCUT2D eigenvalue weighted by atomic mass is 19.1. The van der Waals surface area contributed by atoms with Crippen LogP contribution in [0.5, 0.6) is 0 Å². The van der Waals surface area contributed by atoms with Gasteiger partial charge in [0.25, 0.3) is 5.91 Å². The molecule has 2 aromatic rings. The van der Waals surface area contributed by atoms with Gasteiger partial charge in [-0.05, 0) is 43.9 Å². The number of rotatable bonds is 4. The summed E-state index contributed by atoms with van der Waals surface area (Å²) < 4.78 is 16.0. The van der Waals surface area contributed by atoms with Crippen molar-refractivity contribution in [1.82, 2.24) is 20.4 Å². The molecule has 126 valence electrons. The summed E-state index contributed by atoms with van der Waals surface area (Å²) in [4.78, 5) is 12.5. The van der Waals surface area contributed by atoms with Gasteiger partial charge in [0.05, 0.1) is 0 Å². The third-order valence-corrected chi connectivity index (χ3v) is 4.89. The molecule has 0 saturated carbocycles. The molecular formula is C18H21FN4O. The predicted molar refractivity (Wildman–Crippen MR) is 89.0 cm³/mol. The van der Waals surface area contributed by atoms with Crippen LogP contribution in [0.25, 0.3) is 5.69 Å². The maximum absolute atomic E-state index is 14.4. The number of aryl methyl sites for hydroxylation is 1. The molecule has 0 radical (unpaired) electrons. The van der Waals surface area contributed by atoms with Gasteiger partial charge in [-0.1, -0.05) is 6.07 Å². The second kappa shape index (κ2) is 6.02. The third-order valence-electron chi connectivity index (χ3n) is 4.89. The highest BCUT2D eigenvalue weighted by Gasteiger charge is 2.28. The van der Waals surface area contributed by atoms with Crippen molar-refractivity contribution >= 4 is 5.91 Å². The van der Waals surface area contributed by atoms with Crippen molar-refractivity contribution in [1.29, 1.82) is 0 Å². The second-order valence-corrected chi connectivity index (χ2v) is 6.73. The molecule has 1 fully saturated rings. The topological polar surface area (TPSA) is 59.0 Å². The molecule has 2 aliphatic rings. The van der Waals surface area contributed by atoms with Crippen LogP contribution in [-0.4, -0.2) is 35.3 Å². The van der Waals surface area contributed by atoms with Crippen LogP contribution in [0.15, 0.2) is 18.2 Å². The minimum atomic E-state index is -0.306. The van der Waals surface area contributed by atoms with E-state index in [0.29, 0.717) is 23.8 Å². The lowest BCUT2D eigenvalue weighted by molar-refractivity contribution is 0.0936. The molecule has 2 N–H and O–H groups in total. The van der Waals surface area contributed by atoms with Crippen LogP contribution >= 0.6 is 0 Å². The fourth-order valence-electron chi connectivity index (χ4n) is 3.42. The molecule has 0 bridgehead atoms. The molecule has 0 spiro atoms. The lowest BCUT2D eigenvalue weighted by Gasteiger charge is -2.26. The Morgan fingerprint density at radius 3 is 2.96 bits per heavy atom. The Labute approximate surface area is 140 Å². The SMILES string of the molecule is Cc1ccc(-n2nc(C(=O)NCC3CNC3)c3c2CCC3)c(F)c1. The average molecular weight is 328 g/mol. The van der Waals surface area contributed by atoms with Gasteiger partial charge in [0.15, 0.2) is 5.69 Å². The number of fused-ring (bicyclic) bond motifs is 1. The lowest BCUT2D eigenvalue weighted by atomic mass is 10.0. The lowest BCUT2D eigenvalue weighted by Crippen LogP contribution is -2.48. The van der Waals surface area contributed by atoms with E-state index in [0.717, 1.165) is 49.2 Å². The number of amides is 1. The van der Waals surface area contributed by atoms with Crippen molar-refractivity contribution in [2.45, 2.75) is 26.2 Å². The van der Waals surface area contributed by atoms with E-state index in [-0.39, 0.29) is 11.7 Å². The van der Waals surface area contributed by atoms with Gasteiger partial charge in [-0.25, -0.2) is 9.07 Å². The van der Waals surface area contributed by atoms with E-state index in [1.807, 2.05) is 13.0 Å². The van der Waals surface area contributed by atoms with E-state index in [9.17, 15) is 9.18 Å². The van der Waals surface area contributed by atoms with Gasteiger partial charge >= 0.3 is 0 Å². The number of hydrogen-bond acceptors (Lipinski definition) is 3. The molecule has 1 aromatic heterocycles. The summed E-state index contributed by atoms with van der Waals surface area (Å²) in [6.07, 6.45) is 2.64. The molecule has 1 amide bonds. The number of nitrogens with zero attached hydrogens (tertiary/aromatic N) is 2. The number of aromatic nitrogens is 2. The molecule has 24 heavy (non-hydrogen) atoms. The standard InChI is InChI=1S/C18H21FN4O/c1-11-5-6-16(14(19)7-11)23-15-4-2-3-13(15)17(22-23)18(24)21-10-12-8-20-9-12/h5-7,12,20H,2-4,8-10H2,1H3,(H,21,24). The first-order valence-corrected chi connectivity index (χ1v) is 8.49. The van der Waals surface area contributed by atoms with Crippen molar-refractivity contribution in [3.8, 4) is 5.69 Å². The van der Waals surface area contributed by atoms with Gasteiger partial charge < -0.3 is 10.6 Å². The fourth-order valence-corrected chi connectivity index (χ4v) is 3.42. The Kier molecular flexibility index (Phi) is 3.84. The van der Waals surface area contributed by atoms with E-state index < -0.39 is 0 Å². The van der Waals surface area contributed by atoms with Gasteiger partial charge in [-0.15, -0.1) is 0 Å². The summed E-state index contributed by atoms with van der Waals surface area (Å²) in [5.41, 5.74) is 3.68. The quantitative estimate of drug-likeness (QED) is 0.899. The molecular weight excluding hydrogens is 307 g/mol. The zero-order valence-electron chi connectivity index (χ0n) is 13.7. The van der Waals surface area contributed by atoms with Crippen molar-refractivity contribution in [3.63, 3.8) is 0 Å². The molecule has 4 rings (SSSR count). The number of halogens is 1. The summed E-state index contributed by atoms with van der Waals surface area (Å²) in [6, 6.07) is 5.10. The number of hydrogen-bond donors (Lipinski definition) is 2. The highest BCUT2D eigenvalue weighted by Crippen LogP contribution is 2.29. The second-order valence-electron chi connectivity index (χ2n) is 6.73. The highest BCUT2D eigenvalue weighted by molar-refractivity contribution is 5.94. The van der Waals surface area contributed by atoms with Crippen molar-refractivity contribution < 1.29 is 9.18 Å². The molecule has 0 unspecified atom stereocenters. The van der Waals surface area contributed by atoms with E-state index in [1.54, 1.807) is 10.7 Å². The van der Waals surface area contributed by atoms with Crippen LogP contribution in [0.3, 0.4) is 0 Å². The Morgan fingerprint density at radius 1 is 1.42 bits per heavy atom. The first kappa shape index (κ1) is 15.3. The van der Waals surface area contributed by atoms with Crippen LogP contribution in [-0.2, 0) is 12.8 Å². The Morgan fingerprint density at radius 2 is 2.25 bits per heavy atom. The summed E-state index contributed by atoms with van der Waals surface area (Å²) in [5.74, 6) is 0.0460. The molecule has 6 heteroatoms. The number of carbonyl (C=O) groups is 1. The molecule has 1 aliphatic heterocycles. The van der Waals surface area contributed by atoms with Crippen LogP contribution in [0.4, 0.5) is 4.39 Å². The molecule has 1 saturated heterocycles. The van der Waals surface area contributed by atoms with Gasteiger partial charge in [0, 0.05) is 36.8 Å². The smallest absolute Gasteiger partial charge is 0.272 e. The minimum Gasteiger partial charge on any atom is -0.350 e. The molecule has 5 nitrogen and oxygen atoms in total. The first-order chi connectivity index (χ1) is 11.6. The van der Waals surface area contributed by atoms with Crippen molar-refractivity contribution in [2.24, 2.45) is 5.92 Å². The number of benzene rings is 1. The Balaban J connectivity index is 1.65. The monoisotopic (exact) mass is 328 g/mol. The minimum absolute atomic E-state index is 0.147. The zero-order valence-corrected chi connectivity index (χ0v) is 13.7. The van der Waals surface area contributed by atoms with E-state index in [2.05, 4.69) is 15.7 Å². The van der Waals surface area contributed by atoms with E-state index in [4.69, 9.17) is 0 Å². The normalized spacial score (nSPS) is 16.8. The summed E-state index contributed by atoms with van der Waals surface area (Å²) in [7, 11) is 0. The first-order valence-electron chi connectivity index (χ1n) is 8.49. The predicted octanol–water partition coefficient (Wildman–Crippen LogP) is 1.76.